The third-order valence-corrected chi connectivity index (χ3v) is 4.69. The first-order valence-corrected chi connectivity index (χ1v) is 7.88. The first kappa shape index (κ1) is 13.4. The van der Waals surface area contributed by atoms with E-state index in [2.05, 4.69) is 47.8 Å². The molecule has 1 aliphatic rings. The molecule has 0 fully saturated rings. The third kappa shape index (κ3) is 3.30. The maximum Gasteiger partial charge on any atom is 0.0729 e. The molecular formula is C17H15NS2. The Labute approximate surface area is 129 Å². The molecule has 0 amide bonds. The lowest BCUT2D eigenvalue weighted by Crippen LogP contribution is -2.11. The van der Waals surface area contributed by atoms with Crippen LogP contribution in [0.5, 0.6) is 0 Å². The van der Waals surface area contributed by atoms with Crippen LogP contribution >= 0.6 is 24.0 Å². The Morgan fingerprint density at radius 3 is 2.30 bits per heavy atom. The highest BCUT2D eigenvalue weighted by molar-refractivity contribution is 8.23. The lowest BCUT2D eigenvalue weighted by molar-refractivity contribution is 0.921. The molecule has 0 bridgehead atoms. The summed E-state index contributed by atoms with van der Waals surface area (Å²) in [5, 5.41) is 3.87. The fraction of sp³-hybridized carbons (Fsp3) is 0.118. The Hall–Kier alpha value is -1.58. The summed E-state index contributed by atoms with van der Waals surface area (Å²) < 4.78 is 0.948. The average molecular weight is 297 g/mol. The zero-order valence-corrected chi connectivity index (χ0v) is 12.6. The SMILES string of the molecule is S=C1C=C(Nc2ccccc2)CC(c2ccccc2)S1. The van der Waals surface area contributed by atoms with E-state index < -0.39 is 0 Å². The zero-order valence-electron chi connectivity index (χ0n) is 11.0. The topological polar surface area (TPSA) is 12.0 Å². The Balaban J connectivity index is 1.78. The normalized spacial score (nSPS) is 18.5. The van der Waals surface area contributed by atoms with Crippen molar-refractivity contribution in [1.82, 2.24) is 0 Å². The number of benzene rings is 2. The van der Waals surface area contributed by atoms with Gasteiger partial charge in [0.25, 0.3) is 0 Å². The molecule has 2 aromatic carbocycles. The van der Waals surface area contributed by atoms with Gasteiger partial charge in [-0.15, -0.1) is 11.8 Å². The number of para-hydroxylation sites is 1. The molecular weight excluding hydrogens is 282 g/mol. The first-order chi connectivity index (χ1) is 9.81. The van der Waals surface area contributed by atoms with E-state index in [0.29, 0.717) is 5.25 Å². The highest BCUT2D eigenvalue weighted by atomic mass is 32.2. The largest absolute Gasteiger partial charge is 0.359 e. The van der Waals surface area contributed by atoms with Crippen LogP contribution in [0.1, 0.15) is 17.2 Å². The molecule has 1 N–H and O–H groups in total. The molecule has 1 atom stereocenters. The lowest BCUT2D eigenvalue weighted by atomic mass is 10.1. The van der Waals surface area contributed by atoms with Gasteiger partial charge in [0.15, 0.2) is 0 Å². The summed E-state index contributed by atoms with van der Waals surface area (Å²) in [6.07, 6.45) is 3.05. The third-order valence-electron chi connectivity index (χ3n) is 3.21. The van der Waals surface area contributed by atoms with Crippen molar-refractivity contribution in [2.75, 3.05) is 5.32 Å². The number of nitrogens with one attached hydrogen (secondary N) is 1. The summed E-state index contributed by atoms with van der Waals surface area (Å²) >= 11 is 7.19. The number of hydrogen-bond donors (Lipinski definition) is 1. The van der Waals surface area contributed by atoms with E-state index in [9.17, 15) is 0 Å². The van der Waals surface area contributed by atoms with Crippen LogP contribution in [0.3, 0.4) is 0 Å². The second kappa shape index (κ2) is 6.25. The molecule has 1 heterocycles. The molecule has 2 aromatic rings. The molecule has 20 heavy (non-hydrogen) atoms. The molecule has 0 saturated heterocycles. The standard InChI is InChI=1S/C17H15NS2/c19-17-12-15(18-14-9-5-2-6-10-14)11-16(20-17)13-7-3-1-4-8-13/h1-10,12,16,18H,11H2. The predicted octanol–water partition coefficient (Wildman–Crippen LogP) is 5.19. The summed E-state index contributed by atoms with van der Waals surface area (Å²) in [4.78, 5) is 0. The van der Waals surface area contributed by atoms with Gasteiger partial charge in [-0.1, -0.05) is 60.7 Å². The highest BCUT2D eigenvalue weighted by Crippen LogP contribution is 2.39. The number of thiocarbonyl (C=S) groups is 1. The van der Waals surface area contributed by atoms with Crippen molar-refractivity contribution in [3.8, 4) is 0 Å². The van der Waals surface area contributed by atoms with E-state index in [-0.39, 0.29) is 0 Å². The van der Waals surface area contributed by atoms with Crippen LogP contribution in [-0.2, 0) is 0 Å². The summed E-state index contributed by atoms with van der Waals surface area (Å²) in [6.45, 7) is 0. The van der Waals surface area contributed by atoms with E-state index in [1.54, 1.807) is 11.8 Å². The van der Waals surface area contributed by atoms with Gasteiger partial charge in [0, 0.05) is 23.1 Å². The molecule has 3 heteroatoms. The van der Waals surface area contributed by atoms with Crippen molar-refractivity contribution in [3.63, 3.8) is 0 Å². The molecule has 0 saturated carbocycles. The van der Waals surface area contributed by atoms with Gasteiger partial charge in [-0.25, -0.2) is 0 Å². The summed E-state index contributed by atoms with van der Waals surface area (Å²) in [5.41, 5.74) is 3.63. The van der Waals surface area contributed by atoms with Gasteiger partial charge in [0.05, 0.1) is 4.20 Å². The van der Waals surface area contributed by atoms with Gasteiger partial charge in [-0.3, -0.25) is 0 Å². The van der Waals surface area contributed by atoms with E-state index >= 15 is 0 Å². The summed E-state index contributed by atoms with van der Waals surface area (Å²) in [7, 11) is 0. The van der Waals surface area contributed by atoms with Gasteiger partial charge in [-0.05, 0) is 23.8 Å². The zero-order chi connectivity index (χ0) is 13.8. The van der Waals surface area contributed by atoms with E-state index in [4.69, 9.17) is 12.2 Å². The molecule has 1 unspecified atom stereocenters. The van der Waals surface area contributed by atoms with Crippen molar-refractivity contribution >= 4 is 33.9 Å². The predicted molar refractivity (Wildman–Crippen MR) is 92.1 cm³/mol. The van der Waals surface area contributed by atoms with Crippen molar-refractivity contribution in [2.24, 2.45) is 0 Å². The highest BCUT2D eigenvalue weighted by Gasteiger charge is 2.20. The van der Waals surface area contributed by atoms with Crippen molar-refractivity contribution in [3.05, 3.63) is 78.0 Å². The minimum atomic E-state index is 0.403. The van der Waals surface area contributed by atoms with Gasteiger partial charge in [0.2, 0.25) is 0 Å². The smallest absolute Gasteiger partial charge is 0.0729 e. The fourth-order valence-corrected chi connectivity index (χ4v) is 3.80. The van der Waals surface area contributed by atoms with Gasteiger partial charge in [0.1, 0.15) is 0 Å². The molecule has 0 aromatic heterocycles. The first-order valence-electron chi connectivity index (χ1n) is 6.59. The average Bonchev–Trinajstić information content (AvgIpc) is 2.49. The van der Waals surface area contributed by atoms with Crippen molar-refractivity contribution in [1.29, 1.82) is 0 Å². The van der Waals surface area contributed by atoms with Crippen LogP contribution in [0, 0.1) is 0 Å². The van der Waals surface area contributed by atoms with Crippen LogP contribution in [0.25, 0.3) is 0 Å². The summed E-state index contributed by atoms with van der Waals surface area (Å²) in [5.74, 6) is 0. The van der Waals surface area contributed by atoms with Gasteiger partial charge in [-0.2, -0.15) is 0 Å². The number of allylic oxidation sites excluding steroid dienone is 1. The van der Waals surface area contributed by atoms with Crippen LogP contribution in [-0.4, -0.2) is 4.20 Å². The number of anilines is 1. The van der Waals surface area contributed by atoms with E-state index in [1.165, 1.54) is 11.3 Å². The Morgan fingerprint density at radius 1 is 0.950 bits per heavy atom. The Kier molecular flexibility index (Phi) is 4.19. The number of thioether (sulfide) groups is 1. The molecule has 100 valence electrons. The molecule has 0 spiro atoms. The Bertz CT molecular complexity index is 620. The molecule has 0 radical (unpaired) electrons. The maximum atomic E-state index is 5.42. The van der Waals surface area contributed by atoms with Crippen LogP contribution in [0.4, 0.5) is 5.69 Å². The molecule has 3 rings (SSSR count). The van der Waals surface area contributed by atoms with Crippen LogP contribution in [0.15, 0.2) is 72.4 Å². The minimum absolute atomic E-state index is 0.403. The Morgan fingerprint density at radius 2 is 1.60 bits per heavy atom. The quantitative estimate of drug-likeness (QED) is 0.783. The monoisotopic (exact) mass is 297 g/mol. The maximum absolute atomic E-state index is 5.42. The summed E-state index contributed by atoms with van der Waals surface area (Å²) in [6, 6.07) is 20.8. The second-order valence-corrected chi connectivity index (χ2v) is 6.64. The lowest BCUT2D eigenvalue weighted by Gasteiger charge is -2.24. The fourth-order valence-electron chi connectivity index (χ4n) is 2.26. The second-order valence-electron chi connectivity index (χ2n) is 4.70. The number of hydrogen-bond acceptors (Lipinski definition) is 3. The van der Waals surface area contributed by atoms with Crippen molar-refractivity contribution in [2.45, 2.75) is 11.7 Å². The van der Waals surface area contributed by atoms with Crippen LogP contribution < -0.4 is 5.32 Å². The molecule has 1 aliphatic heterocycles. The molecule has 1 nitrogen and oxygen atoms in total. The van der Waals surface area contributed by atoms with Gasteiger partial charge >= 0.3 is 0 Å². The van der Waals surface area contributed by atoms with Crippen LogP contribution in [0.2, 0.25) is 0 Å². The minimum Gasteiger partial charge on any atom is -0.359 e. The number of rotatable bonds is 3. The van der Waals surface area contributed by atoms with Crippen molar-refractivity contribution < 1.29 is 0 Å². The van der Waals surface area contributed by atoms with E-state index in [0.717, 1.165) is 16.3 Å². The molecule has 0 aliphatic carbocycles. The van der Waals surface area contributed by atoms with E-state index in [1.807, 2.05) is 24.3 Å². The van der Waals surface area contributed by atoms with Gasteiger partial charge < -0.3 is 5.32 Å².